The molecule has 5 nitrogen and oxygen atoms in total. The first kappa shape index (κ1) is 25.1. The van der Waals surface area contributed by atoms with Crippen molar-refractivity contribution in [3.05, 3.63) is 107 Å². The molecule has 186 valence electrons. The summed E-state index contributed by atoms with van der Waals surface area (Å²) < 4.78 is 7.97. The van der Waals surface area contributed by atoms with Gasteiger partial charge in [0.05, 0.1) is 28.8 Å². The average molecular weight is 517 g/mol. The Hall–Kier alpha value is -4.58. The summed E-state index contributed by atoms with van der Waals surface area (Å²) in [6.45, 7) is -0.0152. The maximum atomic E-state index is 9.17. The van der Waals surface area contributed by atoms with Crippen molar-refractivity contribution < 1.29 is 4.74 Å². The van der Waals surface area contributed by atoms with Crippen molar-refractivity contribution in [1.29, 1.82) is 10.5 Å². The number of hydrogen-bond acceptors (Lipinski definition) is 4. The Bertz CT molecular complexity index is 1710. The average Bonchev–Trinajstić information content (AvgIpc) is 3.37. The number of aromatic nitrogens is 2. The lowest BCUT2D eigenvalue weighted by Crippen LogP contribution is -2.11. The Kier molecular flexibility index (Phi) is 7.69. The predicted octanol–water partition coefficient (Wildman–Crippen LogP) is 8.20. The number of ether oxygens (including phenoxy) is 1. The van der Waals surface area contributed by atoms with Crippen molar-refractivity contribution >= 4 is 45.6 Å². The van der Waals surface area contributed by atoms with Gasteiger partial charge in [0.2, 0.25) is 0 Å². The summed E-state index contributed by atoms with van der Waals surface area (Å²) in [6.07, 6.45) is 8.18. The molecule has 0 aliphatic rings. The minimum atomic E-state index is -0.0152. The van der Waals surface area contributed by atoms with Crippen molar-refractivity contribution in [2.24, 2.45) is 0 Å². The van der Waals surface area contributed by atoms with Gasteiger partial charge in [-0.15, -0.1) is 0 Å². The number of unbranched alkanes of at least 4 members (excludes halogenated alkanes) is 1. The van der Waals surface area contributed by atoms with Crippen LogP contribution in [-0.2, 0) is 0 Å². The SMILES string of the molecule is N#CCCC[C@H](c1cccc(C=Cc2ccc3ccc(Cl)cc3n2)c1)n1ccc2cccc(OCC#N)c21. The Morgan fingerprint density at radius 2 is 1.79 bits per heavy atom. The van der Waals surface area contributed by atoms with Gasteiger partial charge < -0.3 is 9.30 Å². The van der Waals surface area contributed by atoms with Crippen molar-refractivity contribution in [2.45, 2.75) is 25.3 Å². The molecule has 0 amide bonds. The van der Waals surface area contributed by atoms with E-state index in [2.05, 4.69) is 59.3 Å². The molecule has 0 saturated carbocycles. The second-order valence-electron chi connectivity index (χ2n) is 9.01. The van der Waals surface area contributed by atoms with Crippen LogP contribution in [0.15, 0.2) is 85.1 Å². The van der Waals surface area contributed by atoms with E-state index in [1.807, 2.05) is 54.6 Å². The Balaban J connectivity index is 1.49. The lowest BCUT2D eigenvalue weighted by molar-refractivity contribution is 0.369. The van der Waals surface area contributed by atoms with E-state index in [1.54, 1.807) is 0 Å². The molecule has 38 heavy (non-hydrogen) atoms. The first-order valence-corrected chi connectivity index (χ1v) is 12.8. The van der Waals surface area contributed by atoms with Crippen molar-refractivity contribution in [3.63, 3.8) is 0 Å². The predicted molar refractivity (Wildman–Crippen MR) is 153 cm³/mol. The summed E-state index contributed by atoms with van der Waals surface area (Å²) in [5.41, 5.74) is 4.85. The van der Waals surface area contributed by atoms with E-state index in [4.69, 9.17) is 31.8 Å². The van der Waals surface area contributed by atoms with Gasteiger partial charge in [-0.1, -0.05) is 60.1 Å². The number of hydrogen-bond donors (Lipinski definition) is 0. The molecule has 2 aromatic heterocycles. The largest absolute Gasteiger partial charge is 0.477 e. The van der Waals surface area contributed by atoms with E-state index in [0.717, 1.165) is 51.5 Å². The normalized spacial score (nSPS) is 12.0. The third-order valence-corrected chi connectivity index (χ3v) is 6.75. The molecule has 0 unspecified atom stereocenters. The summed E-state index contributed by atoms with van der Waals surface area (Å²) in [6, 6.07) is 30.4. The first-order valence-electron chi connectivity index (χ1n) is 12.5. The summed E-state index contributed by atoms with van der Waals surface area (Å²) >= 11 is 6.15. The van der Waals surface area contributed by atoms with Gasteiger partial charge in [-0.25, -0.2) is 4.98 Å². The third kappa shape index (κ3) is 5.54. The zero-order valence-electron chi connectivity index (χ0n) is 20.7. The van der Waals surface area contributed by atoms with Crippen molar-refractivity contribution in [3.8, 4) is 17.9 Å². The van der Waals surface area contributed by atoms with Crippen LogP contribution < -0.4 is 4.74 Å². The molecule has 2 heterocycles. The Morgan fingerprint density at radius 1 is 0.921 bits per heavy atom. The number of nitrogens with zero attached hydrogens (tertiary/aromatic N) is 4. The first-order chi connectivity index (χ1) is 18.7. The second kappa shape index (κ2) is 11.6. The Labute approximate surface area is 226 Å². The number of para-hydroxylation sites is 1. The number of halogens is 1. The van der Waals surface area contributed by atoms with Gasteiger partial charge in [0, 0.05) is 28.4 Å². The molecule has 0 bridgehead atoms. The van der Waals surface area contributed by atoms with Crippen LogP contribution >= 0.6 is 11.6 Å². The summed E-state index contributed by atoms with van der Waals surface area (Å²) in [7, 11) is 0. The minimum absolute atomic E-state index is 0.00183. The van der Waals surface area contributed by atoms with Gasteiger partial charge in [-0.05, 0) is 66.4 Å². The molecule has 1 atom stereocenters. The minimum Gasteiger partial charge on any atom is -0.477 e. The van der Waals surface area contributed by atoms with Gasteiger partial charge in [-0.2, -0.15) is 10.5 Å². The van der Waals surface area contributed by atoms with E-state index in [-0.39, 0.29) is 12.6 Å². The lowest BCUT2D eigenvalue weighted by atomic mass is 9.98. The fourth-order valence-electron chi connectivity index (χ4n) is 4.76. The number of pyridine rings is 1. The van der Waals surface area contributed by atoms with E-state index < -0.39 is 0 Å². The van der Waals surface area contributed by atoms with Crippen LogP contribution in [0.2, 0.25) is 5.02 Å². The quantitative estimate of drug-likeness (QED) is 0.185. The molecule has 0 saturated heterocycles. The highest BCUT2D eigenvalue weighted by atomic mass is 35.5. The number of nitriles is 2. The Morgan fingerprint density at radius 3 is 2.66 bits per heavy atom. The topological polar surface area (TPSA) is 74.6 Å². The van der Waals surface area contributed by atoms with Crippen LogP contribution in [0.3, 0.4) is 0 Å². The van der Waals surface area contributed by atoms with E-state index >= 15 is 0 Å². The number of rotatable bonds is 9. The maximum Gasteiger partial charge on any atom is 0.174 e. The molecule has 6 heteroatoms. The molecule has 0 radical (unpaired) electrons. The van der Waals surface area contributed by atoms with Crippen LogP contribution in [0, 0.1) is 22.7 Å². The summed E-state index contributed by atoms with van der Waals surface area (Å²) in [4.78, 5) is 4.72. The van der Waals surface area contributed by atoms with Gasteiger partial charge >= 0.3 is 0 Å². The zero-order chi connectivity index (χ0) is 26.3. The highest BCUT2D eigenvalue weighted by molar-refractivity contribution is 6.31. The van der Waals surface area contributed by atoms with Gasteiger partial charge in [0.25, 0.3) is 0 Å². The fraction of sp³-hybridized carbons (Fsp3) is 0.156. The molecular formula is C32H25ClN4O. The molecule has 0 aliphatic carbocycles. The summed E-state index contributed by atoms with van der Waals surface area (Å²) in [5, 5.41) is 21.0. The number of fused-ring (bicyclic) bond motifs is 2. The standard InChI is InChI=1S/C32H25ClN4O/c33-27-13-11-24-12-15-28(36-29(24)22-27)14-10-23-5-3-7-26(21-23)30(8-1-2-17-34)37-19-16-25-6-4-9-31(32(25)37)38-20-18-35/h3-7,9-16,19,21-22,30H,1-2,8,20H2/t30-/m1/s1. The molecule has 5 rings (SSSR count). The maximum absolute atomic E-state index is 9.17. The van der Waals surface area contributed by atoms with Gasteiger partial charge in [0.1, 0.15) is 11.8 Å². The van der Waals surface area contributed by atoms with E-state index in [9.17, 15) is 0 Å². The number of benzene rings is 3. The van der Waals surface area contributed by atoms with Crippen LogP contribution in [0.4, 0.5) is 0 Å². The summed E-state index contributed by atoms with van der Waals surface area (Å²) in [5.74, 6) is 0.679. The molecule has 3 aromatic carbocycles. The van der Waals surface area contributed by atoms with E-state index in [1.165, 1.54) is 0 Å². The smallest absolute Gasteiger partial charge is 0.174 e. The van der Waals surface area contributed by atoms with Gasteiger partial charge in [0.15, 0.2) is 6.61 Å². The van der Waals surface area contributed by atoms with Crippen LogP contribution in [0.5, 0.6) is 5.75 Å². The lowest BCUT2D eigenvalue weighted by Gasteiger charge is -2.22. The molecule has 0 aliphatic heterocycles. The molecule has 5 aromatic rings. The monoisotopic (exact) mass is 516 g/mol. The highest BCUT2D eigenvalue weighted by Crippen LogP contribution is 2.34. The van der Waals surface area contributed by atoms with E-state index in [0.29, 0.717) is 17.2 Å². The fourth-order valence-corrected chi connectivity index (χ4v) is 4.93. The molecule has 0 N–H and O–H groups in total. The third-order valence-electron chi connectivity index (χ3n) is 6.51. The van der Waals surface area contributed by atoms with Crippen LogP contribution in [0.25, 0.3) is 34.0 Å². The highest BCUT2D eigenvalue weighted by Gasteiger charge is 2.18. The molecule has 0 fully saturated rings. The van der Waals surface area contributed by atoms with Gasteiger partial charge in [-0.3, -0.25) is 0 Å². The van der Waals surface area contributed by atoms with Crippen LogP contribution in [0.1, 0.15) is 42.1 Å². The molecular weight excluding hydrogens is 492 g/mol. The second-order valence-corrected chi connectivity index (χ2v) is 9.44. The van der Waals surface area contributed by atoms with Crippen molar-refractivity contribution in [2.75, 3.05) is 6.61 Å². The zero-order valence-corrected chi connectivity index (χ0v) is 21.5. The molecule has 0 spiro atoms. The van der Waals surface area contributed by atoms with Crippen molar-refractivity contribution in [1.82, 2.24) is 9.55 Å². The van der Waals surface area contributed by atoms with Crippen LogP contribution in [-0.4, -0.2) is 16.2 Å².